The second-order valence-corrected chi connectivity index (χ2v) is 4.04. The molecule has 0 aromatic carbocycles. The highest BCUT2D eigenvalue weighted by Crippen LogP contribution is 2.23. The van der Waals surface area contributed by atoms with Gasteiger partial charge in [0.2, 0.25) is 0 Å². The maximum absolute atomic E-state index is 10.5. The van der Waals surface area contributed by atoms with Crippen LogP contribution in [0.25, 0.3) is 10.6 Å². The molecule has 3 nitrogen and oxygen atoms in total. The van der Waals surface area contributed by atoms with Gasteiger partial charge in [-0.2, -0.15) is 0 Å². The van der Waals surface area contributed by atoms with Gasteiger partial charge in [0, 0.05) is 6.20 Å². The standard InChI is InChI=1S/C11H9NO2S/c13-11(14)7-8-3-4-12-9(6-8)10-2-1-5-15-10/h1-6H,7H2,(H,13,14). The first-order valence-electron chi connectivity index (χ1n) is 4.46. The minimum atomic E-state index is -0.821. The zero-order chi connectivity index (χ0) is 10.7. The number of carbonyl (C=O) groups is 1. The van der Waals surface area contributed by atoms with Crippen LogP contribution in [0.3, 0.4) is 0 Å². The summed E-state index contributed by atoms with van der Waals surface area (Å²) < 4.78 is 0. The van der Waals surface area contributed by atoms with Crippen molar-refractivity contribution < 1.29 is 9.90 Å². The van der Waals surface area contributed by atoms with E-state index in [1.807, 2.05) is 23.6 Å². The van der Waals surface area contributed by atoms with Crippen LogP contribution in [0.2, 0.25) is 0 Å². The molecule has 0 atom stereocenters. The number of rotatable bonds is 3. The number of aromatic nitrogens is 1. The third-order valence-electron chi connectivity index (χ3n) is 1.95. The normalized spacial score (nSPS) is 10.1. The molecule has 0 aliphatic heterocycles. The SMILES string of the molecule is O=C(O)Cc1ccnc(-c2cccs2)c1. The molecule has 2 aromatic heterocycles. The van der Waals surface area contributed by atoms with E-state index in [4.69, 9.17) is 5.11 Å². The molecule has 0 saturated heterocycles. The summed E-state index contributed by atoms with van der Waals surface area (Å²) in [6.07, 6.45) is 1.69. The fraction of sp³-hybridized carbons (Fsp3) is 0.0909. The third-order valence-corrected chi connectivity index (χ3v) is 2.85. The fourth-order valence-electron chi connectivity index (χ4n) is 1.32. The zero-order valence-corrected chi connectivity index (χ0v) is 8.70. The van der Waals surface area contributed by atoms with Crippen LogP contribution >= 0.6 is 11.3 Å². The number of hydrogen-bond acceptors (Lipinski definition) is 3. The Kier molecular flexibility index (Phi) is 2.78. The molecule has 0 unspecified atom stereocenters. The van der Waals surface area contributed by atoms with Crippen LogP contribution in [-0.2, 0) is 11.2 Å². The minimum Gasteiger partial charge on any atom is -0.481 e. The Labute approximate surface area is 91.0 Å². The van der Waals surface area contributed by atoms with Gasteiger partial charge in [-0.3, -0.25) is 9.78 Å². The van der Waals surface area contributed by atoms with Gasteiger partial charge in [0.1, 0.15) is 0 Å². The molecular weight excluding hydrogens is 210 g/mol. The number of pyridine rings is 1. The molecule has 2 rings (SSSR count). The number of nitrogens with zero attached hydrogens (tertiary/aromatic N) is 1. The maximum atomic E-state index is 10.5. The van der Waals surface area contributed by atoms with Gasteiger partial charge >= 0.3 is 5.97 Å². The number of carboxylic acid groups (broad SMARTS) is 1. The van der Waals surface area contributed by atoms with Crippen molar-refractivity contribution in [1.82, 2.24) is 4.98 Å². The van der Waals surface area contributed by atoms with Gasteiger partial charge in [-0.25, -0.2) is 0 Å². The molecule has 0 amide bonds. The number of thiophene rings is 1. The first kappa shape index (κ1) is 9.86. The van der Waals surface area contributed by atoms with E-state index in [9.17, 15) is 4.79 Å². The highest BCUT2D eigenvalue weighted by molar-refractivity contribution is 7.13. The van der Waals surface area contributed by atoms with Crippen LogP contribution < -0.4 is 0 Å². The van der Waals surface area contributed by atoms with Crippen LogP contribution in [0.4, 0.5) is 0 Å². The molecule has 2 heterocycles. The topological polar surface area (TPSA) is 50.2 Å². The largest absolute Gasteiger partial charge is 0.481 e. The van der Waals surface area contributed by atoms with Gasteiger partial charge in [-0.15, -0.1) is 11.3 Å². The van der Waals surface area contributed by atoms with Crippen molar-refractivity contribution in [3.63, 3.8) is 0 Å². The van der Waals surface area contributed by atoms with Gasteiger partial charge < -0.3 is 5.11 Å². The first-order chi connectivity index (χ1) is 7.25. The van der Waals surface area contributed by atoms with Crippen LogP contribution in [0.15, 0.2) is 35.8 Å². The molecule has 0 radical (unpaired) electrons. The summed E-state index contributed by atoms with van der Waals surface area (Å²) in [7, 11) is 0. The molecular formula is C11H9NO2S. The second kappa shape index (κ2) is 4.23. The lowest BCUT2D eigenvalue weighted by molar-refractivity contribution is -0.136. The molecule has 4 heteroatoms. The van der Waals surface area contributed by atoms with Gasteiger partial charge in [-0.05, 0) is 29.1 Å². The summed E-state index contributed by atoms with van der Waals surface area (Å²) in [6, 6.07) is 7.47. The number of aliphatic carboxylic acids is 1. The molecule has 0 bridgehead atoms. The van der Waals surface area contributed by atoms with Crippen LogP contribution in [0, 0.1) is 0 Å². The summed E-state index contributed by atoms with van der Waals surface area (Å²) in [5.41, 5.74) is 1.62. The van der Waals surface area contributed by atoms with Crippen molar-refractivity contribution in [3.8, 4) is 10.6 Å². The summed E-state index contributed by atoms with van der Waals surface area (Å²) in [4.78, 5) is 15.8. The molecule has 0 aliphatic rings. The van der Waals surface area contributed by atoms with E-state index in [1.165, 1.54) is 0 Å². The van der Waals surface area contributed by atoms with E-state index in [1.54, 1.807) is 23.6 Å². The van der Waals surface area contributed by atoms with Crippen LogP contribution in [0.1, 0.15) is 5.56 Å². The molecule has 0 fully saturated rings. The summed E-state index contributed by atoms with van der Waals surface area (Å²) in [5, 5.41) is 10.6. The Balaban J connectivity index is 2.31. The first-order valence-corrected chi connectivity index (χ1v) is 5.34. The van der Waals surface area contributed by atoms with Crippen LogP contribution in [0.5, 0.6) is 0 Å². The summed E-state index contributed by atoms with van der Waals surface area (Å²) >= 11 is 1.59. The Hall–Kier alpha value is -1.68. The van der Waals surface area contributed by atoms with Gasteiger partial charge in [0.15, 0.2) is 0 Å². The minimum absolute atomic E-state index is 0.0426. The molecule has 1 N–H and O–H groups in total. The van der Waals surface area contributed by atoms with Crippen LogP contribution in [-0.4, -0.2) is 16.1 Å². The Morgan fingerprint density at radius 3 is 3.00 bits per heavy atom. The molecule has 76 valence electrons. The van der Waals surface area contributed by atoms with E-state index < -0.39 is 5.97 Å². The molecule has 0 saturated carbocycles. The molecule has 0 aliphatic carbocycles. The predicted octanol–water partition coefficient (Wildman–Crippen LogP) is 2.44. The highest BCUT2D eigenvalue weighted by Gasteiger charge is 2.04. The second-order valence-electron chi connectivity index (χ2n) is 3.10. The fourth-order valence-corrected chi connectivity index (χ4v) is 2.01. The Morgan fingerprint density at radius 2 is 2.33 bits per heavy atom. The average Bonchev–Trinajstić information content (AvgIpc) is 2.69. The summed E-state index contributed by atoms with van der Waals surface area (Å²) in [5.74, 6) is -0.821. The van der Waals surface area contributed by atoms with Gasteiger partial charge in [0.25, 0.3) is 0 Å². The van der Waals surface area contributed by atoms with Crippen molar-refractivity contribution in [1.29, 1.82) is 0 Å². The quantitative estimate of drug-likeness (QED) is 0.862. The number of carboxylic acids is 1. The molecule has 2 aromatic rings. The van der Waals surface area contributed by atoms with E-state index in [0.29, 0.717) is 0 Å². The lowest BCUT2D eigenvalue weighted by Gasteiger charge is -1.99. The predicted molar refractivity (Wildman–Crippen MR) is 58.9 cm³/mol. The van der Waals surface area contributed by atoms with Crippen molar-refractivity contribution in [2.75, 3.05) is 0 Å². The van der Waals surface area contributed by atoms with E-state index in [-0.39, 0.29) is 6.42 Å². The maximum Gasteiger partial charge on any atom is 0.307 e. The lowest BCUT2D eigenvalue weighted by Crippen LogP contribution is -2.00. The molecule has 0 spiro atoms. The Morgan fingerprint density at radius 1 is 1.47 bits per heavy atom. The van der Waals surface area contributed by atoms with Crippen molar-refractivity contribution in [2.24, 2.45) is 0 Å². The summed E-state index contributed by atoms with van der Waals surface area (Å²) in [6.45, 7) is 0. The van der Waals surface area contributed by atoms with Crippen molar-refractivity contribution in [3.05, 3.63) is 41.4 Å². The third kappa shape index (κ3) is 2.41. The van der Waals surface area contributed by atoms with E-state index in [2.05, 4.69) is 4.98 Å². The molecule has 15 heavy (non-hydrogen) atoms. The van der Waals surface area contributed by atoms with Crippen molar-refractivity contribution >= 4 is 17.3 Å². The van der Waals surface area contributed by atoms with E-state index in [0.717, 1.165) is 16.1 Å². The smallest absolute Gasteiger partial charge is 0.307 e. The average molecular weight is 219 g/mol. The van der Waals surface area contributed by atoms with Crippen molar-refractivity contribution in [2.45, 2.75) is 6.42 Å². The Bertz CT molecular complexity index is 465. The highest BCUT2D eigenvalue weighted by atomic mass is 32.1. The number of hydrogen-bond donors (Lipinski definition) is 1. The van der Waals surface area contributed by atoms with Gasteiger partial charge in [0.05, 0.1) is 17.0 Å². The zero-order valence-electron chi connectivity index (χ0n) is 7.88. The van der Waals surface area contributed by atoms with E-state index >= 15 is 0 Å². The monoisotopic (exact) mass is 219 g/mol. The van der Waals surface area contributed by atoms with Gasteiger partial charge in [-0.1, -0.05) is 6.07 Å². The lowest BCUT2D eigenvalue weighted by atomic mass is 10.1.